The molecule has 35 heavy (non-hydrogen) atoms. The van der Waals surface area contributed by atoms with Crippen LogP contribution in [0, 0.1) is 21.4 Å². The molecule has 9 nitrogen and oxygen atoms in total. The number of nitro benzene ring substituents is 1. The number of hydrogen-bond donors (Lipinski definition) is 1. The predicted octanol–water partition coefficient (Wildman–Crippen LogP) is 5.93. The largest absolute Gasteiger partial charge is 0.422 e. The van der Waals surface area contributed by atoms with Crippen LogP contribution in [0.2, 0.25) is 5.02 Å². The fourth-order valence-corrected chi connectivity index (χ4v) is 4.47. The maximum atomic E-state index is 12.5. The van der Waals surface area contributed by atoms with Gasteiger partial charge in [0.25, 0.3) is 5.69 Å². The summed E-state index contributed by atoms with van der Waals surface area (Å²) >= 11 is 7.25. The Morgan fingerprint density at radius 1 is 1.26 bits per heavy atom. The molecule has 0 radical (unpaired) electrons. The first-order valence-electron chi connectivity index (χ1n) is 10.0. The molecule has 0 aliphatic carbocycles. The lowest BCUT2D eigenvalue weighted by atomic mass is 10.1. The molecule has 0 fully saturated rings. The van der Waals surface area contributed by atoms with Crippen molar-refractivity contribution in [2.45, 2.75) is 0 Å². The van der Waals surface area contributed by atoms with E-state index in [9.17, 15) is 20.2 Å². The van der Waals surface area contributed by atoms with Gasteiger partial charge in [0.2, 0.25) is 0 Å². The molecule has 0 spiro atoms. The summed E-state index contributed by atoms with van der Waals surface area (Å²) in [5, 5.41) is 31.0. The summed E-state index contributed by atoms with van der Waals surface area (Å²) in [7, 11) is 0. The highest BCUT2D eigenvalue weighted by Crippen LogP contribution is 2.31. The fraction of sp³-hybridized carbons (Fsp3) is 0. The number of allylic oxidation sites excluding steroid dienone is 1. The number of halogens is 1. The summed E-state index contributed by atoms with van der Waals surface area (Å²) < 4.78 is 5.39. The molecule has 3 aromatic heterocycles. The number of nitrogens with one attached hydrogen (secondary N) is 1. The van der Waals surface area contributed by atoms with Crippen molar-refractivity contribution in [3.05, 3.63) is 96.2 Å². The maximum absolute atomic E-state index is 12.5. The van der Waals surface area contributed by atoms with Gasteiger partial charge in [-0.3, -0.25) is 15.2 Å². The van der Waals surface area contributed by atoms with E-state index in [1.807, 2.05) is 0 Å². The Bertz CT molecular complexity index is 1740. The van der Waals surface area contributed by atoms with Crippen molar-refractivity contribution in [1.82, 2.24) is 15.2 Å². The van der Waals surface area contributed by atoms with Crippen molar-refractivity contribution in [3.63, 3.8) is 0 Å². The predicted molar refractivity (Wildman–Crippen MR) is 133 cm³/mol. The third kappa shape index (κ3) is 4.33. The molecule has 0 aliphatic heterocycles. The second-order valence-electron chi connectivity index (χ2n) is 7.35. The topological polar surface area (TPSA) is 139 Å². The molecule has 3 heterocycles. The van der Waals surface area contributed by atoms with Gasteiger partial charge >= 0.3 is 5.63 Å². The van der Waals surface area contributed by atoms with Crippen LogP contribution in [0.5, 0.6) is 0 Å². The van der Waals surface area contributed by atoms with Gasteiger partial charge in [-0.05, 0) is 30.3 Å². The highest BCUT2D eigenvalue weighted by molar-refractivity contribution is 7.11. The number of fused-ring (bicyclic) bond motifs is 1. The van der Waals surface area contributed by atoms with Gasteiger partial charge in [-0.15, -0.1) is 11.3 Å². The zero-order valence-electron chi connectivity index (χ0n) is 17.6. The molecule has 0 saturated heterocycles. The monoisotopic (exact) mass is 501 g/mol. The van der Waals surface area contributed by atoms with E-state index in [2.05, 4.69) is 21.3 Å². The molecule has 0 amide bonds. The number of H-pyrrole nitrogens is 1. The number of rotatable bonds is 5. The molecule has 11 heteroatoms. The zero-order chi connectivity index (χ0) is 24.5. The molecule has 0 saturated carbocycles. The standard InChI is InChI=1S/C24H12ClN5O4S/c25-17-4-5-21-14(7-17)9-19(24(31)34-21)20-12-35-23(28-20)15(10-26)6-16-11-27-29-22(16)13-2-1-3-18(8-13)30(32)33/h1-9,11-12H,(H,27,29)/b15-6+. The smallest absolute Gasteiger partial charge is 0.345 e. The Kier molecular flexibility index (Phi) is 5.70. The lowest BCUT2D eigenvalue weighted by molar-refractivity contribution is -0.384. The molecule has 0 bridgehead atoms. The maximum Gasteiger partial charge on any atom is 0.345 e. The lowest BCUT2D eigenvalue weighted by Crippen LogP contribution is -2.02. The summed E-state index contributed by atoms with van der Waals surface area (Å²) in [5.41, 5.74) is 2.27. The van der Waals surface area contributed by atoms with E-state index in [1.54, 1.807) is 47.9 Å². The van der Waals surface area contributed by atoms with Gasteiger partial charge in [0.1, 0.15) is 16.7 Å². The Hall–Kier alpha value is -4.59. The van der Waals surface area contributed by atoms with Crippen LogP contribution in [0.15, 0.2) is 69.3 Å². The summed E-state index contributed by atoms with van der Waals surface area (Å²) in [6.07, 6.45) is 3.10. The number of hydrogen-bond acceptors (Lipinski definition) is 8. The van der Waals surface area contributed by atoms with E-state index in [0.29, 0.717) is 43.5 Å². The summed E-state index contributed by atoms with van der Waals surface area (Å²) in [5.74, 6) is 0. The Labute approximate surface area is 205 Å². The first-order valence-corrected chi connectivity index (χ1v) is 11.3. The van der Waals surface area contributed by atoms with Crippen LogP contribution in [-0.4, -0.2) is 20.1 Å². The molecular weight excluding hydrogens is 490 g/mol. The van der Waals surface area contributed by atoms with E-state index in [-0.39, 0.29) is 16.8 Å². The SMILES string of the molecule is N#C/C(=C\c1cn[nH]c1-c1cccc([N+](=O)[O-])c1)c1nc(-c2cc3cc(Cl)ccc3oc2=O)cs1. The van der Waals surface area contributed by atoms with Crippen LogP contribution < -0.4 is 5.63 Å². The molecule has 0 atom stereocenters. The van der Waals surface area contributed by atoms with E-state index >= 15 is 0 Å². The van der Waals surface area contributed by atoms with Crippen LogP contribution in [0.25, 0.3) is 45.1 Å². The first-order chi connectivity index (χ1) is 16.9. The van der Waals surface area contributed by atoms with Crippen molar-refractivity contribution in [1.29, 1.82) is 5.26 Å². The Morgan fingerprint density at radius 3 is 2.91 bits per heavy atom. The number of thiazole rings is 1. The average Bonchev–Trinajstić information content (AvgIpc) is 3.52. The number of benzene rings is 2. The van der Waals surface area contributed by atoms with E-state index in [1.165, 1.54) is 29.7 Å². The minimum Gasteiger partial charge on any atom is -0.422 e. The van der Waals surface area contributed by atoms with Crippen molar-refractivity contribution in [2.24, 2.45) is 0 Å². The Balaban J connectivity index is 1.53. The number of aromatic amines is 1. The fourth-order valence-electron chi connectivity index (χ4n) is 3.50. The number of nitrogens with zero attached hydrogens (tertiary/aromatic N) is 4. The van der Waals surface area contributed by atoms with Gasteiger partial charge in [0.05, 0.1) is 33.6 Å². The summed E-state index contributed by atoms with van der Waals surface area (Å²) in [6, 6.07) is 14.8. The molecule has 1 N–H and O–H groups in total. The van der Waals surface area contributed by atoms with Gasteiger partial charge in [-0.2, -0.15) is 10.4 Å². The van der Waals surface area contributed by atoms with Gasteiger partial charge < -0.3 is 4.42 Å². The van der Waals surface area contributed by atoms with Crippen LogP contribution in [0.3, 0.4) is 0 Å². The van der Waals surface area contributed by atoms with Crippen LogP contribution >= 0.6 is 22.9 Å². The molecule has 0 unspecified atom stereocenters. The highest BCUT2D eigenvalue weighted by Gasteiger charge is 2.16. The normalized spacial score (nSPS) is 11.5. The number of nitriles is 1. The molecular formula is C24H12ClN5O4S. The molecule has 170 valence electrons. The van der Waals surface area contributed by atoms with E-state index < -0.39 is 10.5 Å². The van der Waals surface area contributed by atoms with Crippen LogP contribution in [0.1, 0.15) is 10.6 Å². The molecule has 5 rings (SSSR count). The second-order valence-corrected chi connectivity index (χ2v) is 8.64. The average molecular weight is 502 g/mol. The number of non-ortho nitro benzene ring substituents is 1. The second kappa shape index (κ2) is 8.98. The van der Waals surface area contributed by atoms with Gasteiger partial charge in [0, 0.05) is 39.0 Å². The zero-order valence-corrected chi connectivity index (χ0v) is 19.1. The Morgan fingerprint density at radius 2 is 2.11 bits per heavy atom. The highest BCUT2D eigenvalue weighted by atomic mass is 35.5. The quantitative estimate of drug-likeness (QED) is 0.136. The summed E-state index contributed by atoms with van der Waals surface area (Å²) in [6.45, 7) is 0. The molecule has 0 aliphatic rings. The van der Waals surface area contributed by atoms with Gasteiger partial charge in [-0.25, -0.2) is 9.78 Å². The van der Waals surface area contributed by atoms with Crippen LogP contribution in [0.4, 0.5) is 5.69 Å². The minimum absolute atomic E-state index is 0.0624. The third-order valence-corrected chi connectivity index (χ3v) is 6.25. The van der Waals surface area contributed by atoms with Crippen molar-refractivity contribution in [2.75, 3.05) is 0 Å². The third-order valence-electron chi connectivity index (χ3n) is 5.14. The van der Waals surface area contributed by atoms with Crippen molar-refractivity contribution < 1.29 is 9.34 Å². The lowest BCUT2D eigenvalue weighted by Gasteiger charge is -2.01. The van der Waals surface area contributed by atoms with Crippen molar-refractivity contribution in [3.8, 4) is 28.6 Å². The number of aromatic nitrogens is 3. The first kappa shape index (κ1) is 22.2. The van der Waals surface area contributed by atoms with Gasteiger partial charge in [-0.1, -0.05) is 23.7 Å². The van der Waals surface area contributed by atoms with Gasteiger partial charge in [0.15, 0.2) is 0 Å². The minimum atomic E-state index is -0.554. The molecule has 2 aromatic carbocycles. The number of nitro groups is 1. The van der Waals surface area contributed by atoms with Crippen molar-refractivity contribution >= 4 is 51.2 Å². The molecule has 5 aromatic rings. The van der Waals surface area contributed by atoms with E-state index in [0.717, 1.165) is 0 Å². The van der Waals surface area contributed by atoms with Crippen LogP contribution in [-0.2, 0) is 0 Å². The van der Waals surface area contributed by atoms with E-state index in [4.69, 9.17) is 16.0 Å². The summed E-state index contributed by atoms with van der Waals surface area (Å²) in [4.78, 5) is 27.7.